The Hall–Kier alpha value is -3.53. The zero-order valence-corrected chi connectivity index (χ0v) is 14.2. The summed E-state index contributed by atoms with van der Waals surface area (Å²) >= 11 is 0.557. The first-order chi connectivity index (χ1) is 12.9. The predicted octanol–water partition coefficient (Wildman–Crippen LogP) is 3.12. The molecule has 0 aromatic heterocycles. The van der Waals surface area contributed by atoms with Crippen molar-refractivity contribution in [2.24, 2.45) is 0 Å². The van der Waals surface area contributed by atoms with Crippen molar-refractivity contribution < 1.29 is 23.7 Å². The molecule has 0 radical (unpaired) electrons. The van der Waals surface area contributed by atoms with Gasteiger partial charge in [-0.1, -0.05) is 18.2 Å². The fourth-order valence-electron chi connectivity index (χ4n) is 2.20. The van der Waals surface area contributed by atoms with Gasteiger partial charge in [-0.05, 0) is 36.0 Å². The van der Waals surface area contributed by atoms with Crippen LogP contribution in [0, 0.1) is 15.9 Å². The lowest BCUT2D eigenvalue weighted by Crippen LogP contribution is -2.44. The van der Waals surface area contributed by atoms with Gasteiger partial charge in [-0.3, -0.25) is 29.9 Å². The third-order valence-corrected chi connectivity index (χ3v) is 4.41. The number of hydrazine groups is 1. The Labute approximate surface area is 155 Å². The molecule has 0 aliphatic carbocycles. The van der Waals surface area contributed by atoms with E-state index in [4.69, 9.17) is 0 Å². The minimum atomic E-state index is -0.802. The lowest BCUT2D eigenvalue weighted by molar-refractivity contribution is -0.384. The average Bonchev–Trinajstić information content (AvgIpc) is 2.91. The van der Waals surface area contributed by atoms with Gasteiger partial charge in [-0.2, -0.15) is 5.01 Å². The summed E-state index contributed by atoms with van der Waals surface area (Å²) in [7, 11) is 0. The molecule has 0 unspecified atom stereocenters. The van der Waals surface area contributed by atoms with Crippen LogP contribution in [0.25, 0.3) is 6.08 Å². The van der Waals surface area contributed by atoms with Crippen LogP contribution >= 0.6 is 11.8 Å². The number of benzene rings is 2. The van der Waals surface area contributed by atoms with Crippen LogP contribution in [0.2, 0.25) is 0 Å². The molecule has 3 amide bonds. The van der Waals surface area contributed by atoms with Crippen molar-refractivity contribution in [2.75, 3.05) is 0 Å². The predicted molar refractivity (Wildman–Crippen MR) is 94.8 cm³/mol. The first-order valence-electron chi connectivity index (χ1n) is 7.45. The van der Waals surface area contributed by atoms with Crippen LogP contribution < -0.4 is 5.43 Å². The SMILES string of the molecule is O=C(NN1C(=O)S/C(=C\c2ccccc2F)C1=O)c1ccc([N+](=O)[O-])cc1. The molecule has 2 aromatic carbocycles. The highest BCUT2D eigenvalue weighted by Crippen LogP contribution is 2.31. The molecule has 1 aliphatic rings. The Kier molecular flexibility index (Phi) is 4.99. The van der Waals surface area contributed by atoms with Gasteiger partial charge in [0, 0.05) is 23.3 Å². The molecule has 2 aromatic rings. The van der Waals surface area contributed by atoms with E-state index in [0.717, 1.165) is 12.1 Å². The van der Waals surface area contributed by atoms with Gasteiger partial charge < -0.3 is 0 Å². The van der Waals surface area contributed by atoms with Gasteiger partial charge in [-0.25, -0.2) is 4.39 Å². The molecule has 27 heavy (non-hydrogen) atoms. The summed E-state index contributed by atoms with van der Waals surface area (Å²) in [4.78, 5) is 46.5. The van der Waals surface area contributed by atoms with Crippen LogP contribution in [0.3, 0.4) is 0 Å². The Morgan fingerprint density at radius 2 is 1.81 bits per heavy atom. The van der Waals surface area contributed by atoms with Crippen LogP contribution in [-0.4, -0.2) is 27.0 Å². The number of nitro groups is 1. The second-order valence-corrected chi connectivity index (χ2v) is 6.28. The monoisotopic (exact) mass is 387 g/mol. The van der Waals surface area contributed by atoms with Gasteiger partial charge in [0.15, 0.2) is 0 Å². The molecule has 8 nitrogen and oxygen atoms in total. The largest absolute Gasteiger partial charge is 0.312 e. The molecule has 1 aliphatic heterocycles. The molecular weight excluding hydrogens is 377 g/mol. The minimum Gasteiger partial charge on any atom is -0.267 e. The van der Waals surface area contributed by atoms with E-state index in [1.54, 1.807) is 6.07 Å². The lowest BCUT2D eigenvalue weighted by atomic mass is 10.2. The normalized spacial score (nSPS) is 15.3. The van der Waals surface area contributed by atoms with Crippen LogP contribution in [-0.2, 0) is 4.79 Å². The molecule has 10 heteroatoms. The van der Waals surface area contributed by atoms with Crippen LogP contribution in [0.1, 0.15) is 15.9 Å². The molecule has 1 saturated heterocycles. The summed E-state index contributed by atoms with van der Waals surface area (Å²) in [5, 5.41) is 10.4. The number of hydrogen-bond donors (Lipinski definition) is 1. The quantitative estimate of drug-likeness (QED) is 0.490. The summed E-state index contributed by atoms with van der Waals surface area (Å²) in [5.74, 6) is -2.15. The average molecular weight is 387 g/mol. The zero-order chi connectivity index (χ0) is 19.6. The number of non-ortho nitro benzene ring substituents is 1. The van der Waals surface area contributed by atoms with E-state index >= 15 is 0 Å². The van der Waals surface area contributed by atoms with E-state index in [2.05, 4.69) is 5.43 Å². The summed E-state index contributed by atoms with van der Waals surface area (Å²) in [6.45, 7) is 0. The van der Waals surface area contributed by atoms with Crippen molar-refractivity contribution in [2.45, 2.75) is 0 Å². The second kappa shape index (κ2) is 7.38. The molecule has 1 heterocycles. The van der Waals surface area contributed by atoms with Gasteiger partial charge in [0.1, 0.15) is 5.82 Å². The number of halogens is 1. The molecule has 0 spiro atoms. The molecule has 0 saturated carbocycles. The summed E-state index contributed by atoms with van der Waals surface area (Å²) in [6, 6.07) is 10.4. The number of carbonyl (C=O) groups is 3. The topological polar surface area (TPSA) is 110 Å². The lowest BCUT2D eigenvalue weighted by Gasteiger charge is -2.13. The van der Waals surface area contributed by atoms with Crippen LogP contribution in [0.4, 0.5) is 14.9 Å². The minimum absolute atomic E-state index is 0.0257. The smallest absolute Gasteiger partial charge is 0.267 e. The van der Waals surface area contributed by atoms with Crippen molar-refractivity contribution in [1.29, 1.82) is 0 Å². The number of imide groups is 1. The fraction of sp³-hybridized carbons (Fsp3) is 0. The molecule has 0 bridgehead atoms. The van der Waals surface area contributed by atoms with E-state index in [-0.39, 0.29) is 21.7 Å². The highest BCUT2D eigenvalue weighted by molar-refractivity contribution is 8.18. The molecular formula is C17H10FN3O5S. The van der Waals surface area contributed by atoms with Crippen molar-refractivity contribution in [1.82, 2.24) is 10.4 Å². The molecule has 1 N–H and O–H groups in total. The van der Waals surface area contributed by atoms with Gasteiger partial charge in [-0.15, -0.1) is 0 Å². The molecule has 0 atom stereocenters. The number of nitrogens with one attached hydrogen (secondary N) is 1. The number of rotatable bonds is 4. The highest BCUT2D eigenvalue weighted by atomic mass is 32.2. The number of hydrogen-bond acceptors (Lipinski definition) is 6. The van der Waals surface area contributed by atoms with E-state index in [1.165, 1.54) is 36.4 Å². The maximum Gasteiger partial charge on any atom is 0.312 e. The third kappa shape index (κ3) is 3.85. The maximum absolute atomic E-state index is 13.7. The first-order valence-corrected chi connectivity index (χ1v) is 8.26. The van der Waals surface area contributed by atoms with Gasteiger partial charge in [0.25, 0.3) is 17.5 Å². The summed E-state index contributed by atoms with van der Waals surface area (Å²) in [6.07, 6.45) is 1.22. The van der Waals surface area contributed by atoms with Gasteiger partial charge >= 0.3 is 5.24 Å². The Morgan fingerprint density at radius 3 is 2.44 bits per heavy atom. The zero-order valence-electron chi connectivity index (χ0n) is 13.4. The summed E-state index contributed by atoms with van der Waals surface area (Å²) < 4.78 is 13.7. The van der Waals surface area contributed by atoms with Crippen LogP contribution in [0.5, 0.6) is 0 Å². The number of amides is 3. The first kappa shape index (κ1) is 18.3. The summed E-state index contributed by atoms with van der Waals surface area (Å²) in [5.41, 5.74) is 2.10. The van der Waals surface area contributed by atoms with E-state index in [9.17, 15) is 28.9 Å². The Morgan fingerprint density at radius 1 is 1.15 bits per heavy atom. The second-order valence-electron chi connectivity index (χ2n) is 5.28. The van der Waals surface area contributed by atoms with Crippen LogP contribution in [0.15, 0.2) is 53.4 Å². The van der Waals surface area contributed by atoms with E-state index in [1.807, 2.05) is 0 Å². The highest BCUT2D eigenvalue weighted by Gasteiger charge is 2.37. The van der Waals surface area contributed by atoms with Crippen molar-refractivity contribution in [3.63, 3.8) is 0 Å². The van der Waals surface area contributed by atoms with E-state index in [0.29, 0.717) is 16.8 Å². The number of thioether (sulfide) groups is 1. The van der Waals surface area contributed by atoms with Crippen molar-refractivity contribution >= 4 is 40.6 Å². The molecule has 136 valence electrons. The van der Waals surface area contributed by atoms with Gasteiger partial charge in [0.2, 0.25) is 0 Å². The standard InChI is InChI=1S/C17H10FN3O5S/c18-13-4-2-1-3-11(13)9-14-16(23)20(17(24)27-14)19-15(22)10-5-7-12(8-6-10)21(25)26/h1-9H,(H,19,22)/b14-9-. The van der Waals surface area contributed by atoms with E-state index < -0.39 is 27.8 Å². The molecule has 3 rings (SSSR count). The third-order valence-electron chi connectivity index (χ3n) is 3.54. The molecule has 1 fully saturated rings. The number of nitro benzene ring substituents is 1. The van der Waals surface area contributed by atoms with Gasteiger partial charge in [0.05, 0.1) is 9.83 Å². The maximum atomic E-state index is 13.7. The van der Waals surface area contributed by atoms with Crippen molar-refractivity contribution in [3.05, 3.63) is 80.5 Å². The number of carbonyl (C=O) groups excluding carboxylic acids is 3. The fourth-order valence-corrected chi connectivity index (χ4v) is 2.97. The number of nitrogens with zero attached hydrogens (tertiary/aromatic N) is 2. The van der Waals surface area contributed by atoms with Crippen molar-refractivity contribution in [3.8, 4) is 0 Å². The Balaban J connectivity index is 1.76. The Bertz CT molecular complexity index is 990.